The maximum atomic E-state index is 14.3. The van der Waals surface area contributed by atoms with Gasteiger partial charge in [-0.05, 0) is 68.9 Å². The Labute approximate surface area is 225 Å². The Bertz CT molecular complexity index is 1310. The highest BCUT2D eigenvalue weighted by atomic mass is 16.6. The van der Waals surface area contributed by atoms with Crippen LogP contribution in [0.4, 0.5) is 0 Å². The lowest BCUT2D eigenvalue weighted by molar-refractivity contribution is -0.162. The van der Waals surface area contributed by atoms with Crippen molar-refractivity contribution in [2.45, 2.75) is 77.4 Å². The molecule has 1 aliphatic carbocycles. The molecule has 1 aliphatic heterocycles. The number of carbonyl (C=O) groups excluding carboxylic acids is 2. The normalized spacial score (nSPS) is 20.5. The van der Waals surface area contributed by atoms with Crippen molar-refractivity contribution < 1.29 is 19.1 Å². The molecule has 5 heteroatoms. The number of benzene rings is 3. The van der Waals surface area contributed by atoms with E-state index in [0.29, 0.717) is 6.42 Å². The summed E-state index contributed by atoms with van der Waals surface area (Å²) >= 11 is 0. The molecule has 5 rings (SSSR count). The van der Waals surface area contributed by atoms with Gasteiger partial charge in [0.25, 0.3) is 0 Å². The van der Waals surface area contributed by atoms with E-state index in [2.05, 4.69) is 48.5 Å². The second kappa shape index (κ2) is 10.0. The lowest BCUT2D eigenvalue weighted by atomic mass is 9.91. The fraction of sp³-hybridized carbons (Fsp3) is 0.394. The molecular weight excluding hydrogens is 474 g/mol. The number of hydrogen-bond acceptors (Lipinski definition) is 4. The van der Waals surface area contributed by atoms with Gasteiger partial charge in [0.1, 0.15) is 11.3 Å². The average molecular weight is 512 g/mol. The minimum absolute atomic E-state index is 0.0160. The largest absolute Gasteiger partial charge is 0.460 e. The Hall–Kier alpha value is -3.44. The predicted octanol–water partition coefficient (Wildman–Crippen LogP) is 6.51. The first kappa shape index (κ1) is 26.2. The van der Waals surface area contributed by atoms with Crippen molar-refractivity contribution in [1.82, 2.24) is 4.90 Å². The zero-order valence-corrected chi connectivity index (χ0v) is 22.9. The van der Waals surface area contributed by atoms with Crippen molar-refractivity contribution >= 4 is 11.9 Å². The van der Waals surface area contributed by atoms with Crippen molar-refractivity contribution in [3.05, 3.63) is 95.6 Å². The summed E-state index contributed by atoms with van der Waals surface area (Å²) < 4.78 is 12.1. The van der Waals surface area contributed by atoms with Crippen LogP contribution in [0.2, 0.25) is 0 Å². The molecule has 5 nitrogen and oxygen atoms in total. The zero-order valence-electron chi connectivity index (χ0n) is 22.9. The maximum Gasteiger partial charge on any atom is 0.307 e. The molecule has 3 atom stereocenters. The molecule has 2 aliphatic rings. The molecule has 1 heterocycles. The number of ether oxygens (including phenoxy) is 2. The number of fused-ring (bicyclic) bond motifs is 3. The number of esters is 1. The van der Waals surface area contributed by atoms with Crippen molar-refractivity contribution in [2.75, 3.05) is 0 Å². The molecule has 0 saturated carbocycles. The fourth-order valence-corrected chi connectivity index (χ4v) is 5.89. The molecule has 3 aromatic rings. The molecule has 1 fully saturated rings. The van der Waals surface area contributed by atoms with Crippen LogP contribution in [0.5, 0.6) is 0 Å². The minimum atomic E-state index is -0.775. The van der Waals surface area contributed by atoms with Crippen LogP contribution in [0.15, 0.2) is 78.9 Å². The van der Waals surface area contributed by atoms with E-state index in [4.69, 9.17) is 9.47 Å². The van der Waals surface area contributed by atoms with Crippen LogP contribution in [0.1, 0.15) is 63.8 Å². The van der Waals surface area contributed by atoms with Crippen LogP contribution in [-0.2, 0) is 31.9 Å². The van der Waals surface area contributed by atoms with E-state index in [1.54, 1.807) is 0 Å². The number of nitrogens with zero attached hydrogens (tertiary/aromatic N) is 1. The Morgan fingerprint density at radius 2 is 1.58 bits per heavy atom. The van der Waals surface area contributed by atoms with Gasteiger partial charge in [-0.1, -0.05) is 78.9 Å². The van der Waals surface area contributed by atoms with Gasteiger partial charge in [-0.3, -0.25) is 9.59 Å². The Morgan fingerprint density at radius 1 is 0.947 bits per heavy atom. The lowest BCUT2D eigenvalue weighted by Crippen LogP contribution is -2.48. The van der Waals surface area contributed by atoms with Crippen LogP contribution in [-0.4, -0.2) is 34.2 Å². The molecule has 0 unspecified atom stereocenters. The number of hydrogen-bond donors (Lipinski definition) is 0. The van der Waals surface area contributed by atoms with Gasteiger partial charge in [0.15, 0.2) is 0 Å². The van der Waals surface area contributed by atoms with Crippen LogP contribution in [0.3, 0.4) is 0 Å². The van der Waals surface area contributed by atoms with E-state index < -0.39 is 17.2 Å². The van der Waals surface area contributed by atoms with Gasteiger partial charge in [0.2, 0.25) is 5.91 Å². The van der Waals surface area contributed by atoms with Gasteiger partial charge >= 0.3 is 5.97 Å². The molecule has 1 saturated heterocycles. The van der Waals surface area contributed by atoms with E-state index >= 15 is 0 Å². The van der Waals surface area contributed by atoms with Crippen LogP contribution >= 0.6 is 0 Å². The van der Waals surface area contributed by atoms with E-state index in [9.17, 15) is 9.59 Å². The van der Waals surface area contributed by atoms with Crippen molar-refractivity contribution in [3.63, 3.8) is 0 Å². The summed E-state index contributed by atoms with van der Waals surface area (Å²) in [6.45, 7) is 9.45. The number of amides is 1. The second-order valence-corrected chi connectivity index (χ2v) is 11.9. The van der Waals surface area contributed by atoms with E-state index in [1.165, 1.54) is 5.56 Å². The van der Waals surface area contributed by atoms with Crippen molar-refractivity contribution in [1.29, 1.82) is 0 Å². The lowest BCUT2D eigenvalue weighted by Gasteiger charge is -2.36. The van der Waals surface area contributed by atoms with Crippen molar-refractivity contribution in [2.24, 2.45) is 5.92 Å². The summed E-state index contributed by atoms with van der Waals surface area (Å²) in [6.07, 6.45) is 1.16. The first-order valence-corrected chi connectivity index (χ1v) is 13.5. The Balaban J connectivity index is 1.44. The molecule has 0 spiro atoms. The van der Waals surface area contributed by atoms with Crippen LogP contribution in [0.25, 0.3) is 11.1 Å². The minimum Gasteiger partial charge on any atom is -0.460 e. The molecule has 0 aromatic heterocycles. The zero-order chi connectivity index (χ0) is 27.1. The summed E-state index contributed by atoms with van der Waals surface area (Å²) in [5.74, 6) is -1.00. The van der Waals surface area contributed by atoms with Gasteiger partial charge < -0.3 is 14.4 Å². The van der Waals surface area contributed by atoms with Gasteiger partial charge in [0, 0.05) is 6.42 Å². The number of rotatable bonds is 6. The molecule has 3 aromatic carbocycles. The maximum absolute atomic E-state index is 14.3. The number of carbonyl (C=O) groups is 2. The third-order valence-corrected chi connectivity index (χ3v) is 7.41. The van der Waals surface area contributed by atoms with Gasteiger partial charge in [-0.2, -0.15) is 0 Å². The molecule has 198 valence electrons. The van der Waals surface area contributed by atoms with E-state index in [1.807, 2.05) is 69.9 Å². The Morgan fingerprint density at radius 3 is 2.26 bits per heavy atom. The standard InChI is InChI=1S/C33H37NO4/c1-32(2,3)38-29(35)21-26(19-22-15-17-24(18-16-22)23-11-7-6-8-12-23)31(36)34-30-27-14-10-9-13-25(27)20-28(30)37-33(34,4)5/h6-18,26,28,30H,19-21H2,1-5H3/t26-,28-,30+/m1/s1. The van der Waals surface area contributed by atoms with Crippen LogP contribution in [0, 0.1) is 5.92 Å². The summed E-state index contributed by atoms with van der Waals surface area (Å²) in [4.78, 5) is 29.2. The highest BCUT2D eigenvalue weighted by Crippen LogP contribution is 2.49. The van der Waals surface area contributed by atoms with E-state index in [0.717, 1.165) is 28.7 Å². The molecular formula is C33H37NO4. The molecule has 0 bridgehead atoms. The monoisotopic (exact) mass is 511 g/mol. The summed E-state index contributed by atoms with van der Waals surface area (Å²) in [7, 11) is 0. The van der Waals surface area contributed by atoms with Gasteiger partial charge in [-0.25, -0.2) is 0 Å². The average Bonchev–Trinajstić information content (AvgIpc) is 3.33. The second-order valence-electron chi connectivity index (χ2n) is 11.9. The van der Waals surface area contributed by atoms with E-state index in [-0.39, 0.29) is 30.4 Å². The highest BCUT2D eigenvalue weighted by molar-refractivity contribution is 5.85. The van der Waals surface area contributed by atoms with Crippen LogP contribution < -0.4 is 0 Å². The third-order valence-electron chi connectivity index (χ3n) is 7.41. The molecule has 0 N–H and O–H groups in total. The summed E-state index contributed by atoms with van der Waals surface area (Å²) in [5.41, 5.74) is 4.23. The smallest absolute Gasteiger partial charge is 0.307 e. The van der Waals surface area contributed by atoms with Gasteiger partial charge in [0.05, 0.1) is 24.5 Å². The third kappa shape index (κ3) is 5.39. The topological polar surface area (TPSA) is 55.8 Å². The quantitative estimate of drug-likeness (QED) is 0.354. The fourth-order valence-electron chi connectivity index (χ4n) is 5.89. The molecule has 0 radical (unpaired) electrons. The highest BCUT2D eigenvalue weighted by Gasteiger charge is 2.54. The predicted molar refractivity (Wildman–Crippen MR) is 148 cm³/mol. The summed E-state index contributed by atoms with van der Waals surface area (Å²) in [5, 5.41) is 0. The molecule has 1 amide bonds. The molecule has 38 heavy (non-hydrogen) atoms. The van der Waals surface area contributed by atoms with Crippen molar-refractivity contribution in [3.8, 4) is 11.1 Å². The first-order chi connectivity index (χ1) is 18.0. The SMILES string of the molecule is CC(C)(C)OC(=O)C[C@@H](Cc1ccc(-c2ccccc2)cc1)C(=O)N1[C@H]2c3ccccc3C[C@H]2OC1(C)C. The Kier molecular flexibility index (Phi) is 6.91. The summed E-state index contributed by atoms with van der Waals surface area (Å²) in [6, 6.07) is 26.5. The first-order valence-electron chi connectivity index (χ1n) is 13.5. The van der Waals surface area contributed by atoms with Gasteiger partial charge in [-0.15, -0.1) is 0 Å².